The molecule has 2 nitrogen and oxygen atoms in total. The van der Waals surface area contributed by atoms with E-state index < -0.39 is 0 Å². The van der Waals surface area contributed by atoms with Gasteiger partial charge in [0, 0.05) is 5.54 Å². The summed E-state index contributed by atoms with van der Waals surface area (Å²) >= 11 is 0. The first-order valence-electron chi connectivity index (χ1n) is 5.23. The molecule has 2 heteroatoms. The monoisotopic (exact) mass is 185 g/mol. The Morgan fingerprint density at radius 3 is 2.08 bits per heavy atom. The molecule has 0 radical (unpaired) electrons. The zero-order valence-corrected chi connectivity index (χ0v) is 9.78. The van der Waals surface area contributed by atoms with Gasteiger partial charge in [-0.15, -0.1) is 5.54 Å². The molecular formula is C11H25N2-. The largest absolute Gasteiger partial charge is 0.672 e. The molecule has 0 spiro atoms. The van der Waals surface area contributed by atoms with E-state index in [2.05, 4.69) is 27.7 Å². The number of hydrogen-bond donors (Lipinski definition) is 1. The molecule has 2 atom stereocenters. The molecule has 80 valence electrons. The summed E-state index contributed by atoms with van der Waals surface area (Å²) in [4.78, 5) is 0. The number of rotatable bonds is 5. The van der Waals surface area contributed by atoms with Gasteiger partial charge < -0.3 is 11.5 Å². The minimum atomic E-state index is -0.264. The highest BCUT2D eigenvalue weighted by atomic mass is 14.7. The van der Waals surface area contributed by atoms with Crippen LogP contribution in [0, 0.1) is 5.92 Å². The third-order valence-corrected chi connectivity index (χ3v) is 3.18. The molecule has 3 N–H and O–H groups in total. The molecular weight excluding hydrogens is 160 g/mol. The van der Waals surface area contributed by atoms with Crippen molar-refractivity contribution in [3.8, 4) is 0 Å². The van der Waals surface area contributed by atoms with Crippen LogP contribution in [0.15, 0.2) is 0 Å². The molecule has 0 amide bonds. The Balaban J connectivity index is 3.90. The number of hydrogen-bond acceptors (Lipinski definition) is 1. The molecule has 0 rings (SSSR count). The maximum Gasteiger partial charge on any atom is 0.0123 e. The van der Waals surface area contributed by atoms with Gasteiger partial charge in [-0.3, -0.25) is 0 Å². The van der Waals surface area contributed by atoms with E-state index in [0.717, 1.165) is 19.3 Å². The van der Waals surface area contributed by atoms with Gasteiger partial charge in [-0.2, -0.15) is 0 Å². The number of nitrogens with one attached hydrogen (secondary N) is 1. The lowest BCUT2D eigenvalue weighted by atomic mass is 9.82. The summed E-state index contributed by atoms with van der Waals surface area (Å²) in [6.07, 6.45) is 2.92. The first-order chi connectivity index (χ1) is 5.69. The van der Waals surface area contributed by atoms with Crippen LogP contribution in [0.2, 0.25) is 0 Å². The van der Waals surface area contributed by atoms with E-state index in [-0.39, 0.29) is 11.1 Å². The number of nitrogens with two attached hydrogens (primary N) is 1. The van der Waals surface area contributed by atoms with Crippen LogP contribution in [0.5, 0.6) is 0 Å². The summed E-state index contributed by atoms with van der Waals surface area (Å²) in [5.41, 5.74) is 13.5. The van der Waals surface area contributed by atoms with Crippen molar-refractivity contribution in [2.24, 2.45) is 11.7 Å². The third kappa shape index (κ3) is 5.27. The summed E-state index contributed by atoms with van der Waals surface area (Å²) in [5.74, 6) is 0.490. The van der Waals surface area contributed by atoms with Crippen molar-refractivity contribution in [2.45, 2.75) is 65.0 Å². The summed E-state index contributed by atoms with van der Waals surface area (Å²) < 4.78 is 0. The molecule has 0 fully saturated rings. The lowest BCUT2D eigenvalue weighted by Crippen LogP contribution is -2.40. The molecule has 0 aliphatic heterocycles. The van der Waals surface area contributed by atoms with Crippen LogP contribution in [0.25, 0.3) is 5.73 Å². The SMILES string of the molecule is CCC(C)([NH-])CCC(C)C(C)(C)N. The molecule has 0 saturated heterocycles. The topological polar surface area (TPSA) is 49.8 Å². The lowest BCUT2D eigenvalue weighted by molar-refractivity contribution is 0.298. The standard InChI is InChI=1S/C11H25N2/c1-6-11(5,13)8-7-9(2)10(3,4)12/h9,13H,6-8,12H2,1-5H3/q-1. The second kappa shape index (κ2) is 4.43. The normalized spacial score (nSPS) is 19.6. The second-order valence-corrected chi connectivity index (χ2v) is 5.18. The van der Waals surface area contributed by atoms with Gasteiger partial charge in [0.15, 0.2) is 0 Å². The average molecular weight is 185 g/mol. The first-order valence-corrected chi connectivity index (χ1v) is 5.23. The van der Waals surface area contributed by atoms with Gasteiger partial charge >= 0.3 is 0 Å². The Morgan fingerprint density at radius 2 is 1.77 bits per heavy atom. The summed E-state index contributed by atoms with van der Waals surface area (Å²) in [6.45, 7) is 10.4. The Kier molecular flexibility index (Phi) is 4.40. The molecule has 0 heterocycles. The van der Waals surface area contributed by atoms with Crippen molar-refractivity contribution in [3.05, 3.63) is 5.73 Å². The highest BCUT2D eigenvalue weighted by Gasteiger charge is 2.21. The molecule has 0 aromatic heterocycles. The van der Waals surface area contributed by atoms with E-state index in [1.54, 1.807) is 0 Å². The predicted molar refractivity (Wildman–Crippen MR) is 59.7 cm³/mol. The van der Waals surface area contributed by atoms with Crippen LogP contribution in [0.4, 0.5) is 0 Å². The third-order valence-electron chi connectivity index (χ3n) is 3.18. The van der Waals surface area contributed by atoms with Crippen molar-refractivity contribution in [3.63, 3.8) is 0 Å². The van der Waals surface area contributed by atoms with Crippen molar-refractivity contribution in [2.75, 3.05) is 0 Å². The van der Waals surface area contributed by atoms with Crippen LogP contribution < -0.4 is 5.73 Å². The van der Waals surface area contributed by atoms with Crippen LogP contribution in [-0.4, -0.2) is 11.1 Å². The minimum Gasteiger partial charge on any atom is -0.672 e. The molecule has 0 bridgehead atoms. The Morgan fingerprint density at radius 1 is 1.31 bits per heavy atom. The van der Waals surface area contributed by atoms with Gasteiger partial charge in [0.2, 0.25) is 0 Å². The van der Waals surface area contributed by atoms with Crippen LogP contribution >= 0.6 is 0 Å². The predicted octanol–water partition coefficient (Wildman–Crippen LogP) is 3.36. The fourth-order valence-electron chi connectivity index (χ4n) is 1.08. The van der Waals surface area contributed by atoms with Gasteiger partial charge in [-0.1, -0.05) is 40.0 Å². The maximum atomic E-state index is 7.93. The van der Waals surface area contributed by atoms with Crippen molar-refractivity contribution < 1.29 is 0 Å². The van der Waals surface area contributed by atoms with Gasteiger partial charge in [0.25, 0.3) is 0 Å². The molecule has 2 unspecified atom stereocenters. The molecule has 0 aliphatic rings. The highest BCUT2D eigenvalue weighted by Crippen LogP contribution is 2.26. The molecule has 0 saturated carbocycles. The highest BCUT2D eigenvalue weighted by molar-refractivity contribution is 4.91. The van der Waals surface area contributed by atoms with Crippen LogP contribution in [0.3, 0.4) is 0 Å². The molecule has 0 aliphatic carbocycles. The zero-order chi connectivity index (χ0) is 10.7. The van der Waals surface area contributed by atoms with E-state index in [0.29, 0.717) is 5.92 Å². The van der Waals surface area contributed by atoms with E-state index in [1.807, 2.05) is 6.92 Å². The fourth-order valence-corrected chi connectivity index (χ4v) is 1.08. The maximum absolute atomic E-state index is 7.93. The van der Waals surface area contributed by atoms with Gasteiger partial charge in [-0.25, -0.2) is 0 Å². The lowest BCUT2D eigenvalue weighted by Gasteiger charge is -2.36. The minimum absolute atomic E-state index is 0.107. The first kappa shape index (κ1) is 12.9. The Labute approximate surface area is 83.1 Å². The van der Waals surface area contributed by atoms with Gasteiger partial charge in [-0.05, 0) is 19.8 Å². The molecule has 0 aromatic rings. The van der Waals surface area contributed by atoms with Crippen LogP contribution in [-0.2, 0) is 0 Å². The van der Waals surface area contributed by atoms with Gasteiger partial charge in [0.05, 0.1) is 0 Å². The van der Waals surface area contributed by atoms with E-state index >= 15 is 0 Å². The van der Waals surface area contributed by atoms with Crippen molar-refractivity contribution in [1.82, 2.24) is 0 Å². The fraction of sp³-hybridized carbons (Fsp3) is 1.00. The average Bonchev–Trinajstić information content (AvgIpc) is 1.98. The summed E-state index contributed by atoms with van der Waals surface area (Å²) in [6, 6.07) is 0. The molecule has 13 heavy (non-hydrogen) atoms. The Bertz CT molecular complexity index is 145. The zero-order valence-electron chi connectivity index (χ0n) is 9.78. The van der Waals surface area contributed by atoms with Crippen molar-refractivity contribution in [1.29, 1.82) is 0 Å². The smallest absolute Gasteiger partial charge is 0.0123 e. The quantitative estimate of drug-likeness (QED) is 0.701. The van der Waals surface area contributed by atoms with E-state index in [1.165, 1.54) is 0 Å². The second-order valence-electron chi connectivity index (χ2n) is 5.18. The van der Waals surface area contributed by atoms with Gasteiger partial charge in [0.1, 0.15) is 0 Å². The summed E-state index contributed by atoms with van der Waals surface area (Å²) in [5, 5.41) is 0. The van der Waals surface area contributed by atoms with Crippen molar-refractivity contribution >= 4 is 0 Å². The van der Waals surface area contributed by atoms with E-state index in [4.69, 9.17) is 11.5 Å². The molecule has 0 aromatic carbocycles. The van der Waals surface area contributed by atoms with E-state index in [9.17, 15) is 0 Å². The van der Waals surface area contributed by atoms with Crippen LogP contribution in [0.1, 0.15) is 53.9 Å². The summed E-state index contributed by atoms with van der Waals surface area (Å²) in [7, 11) is 0. The Hall–Kier alpha value is -0.0800.